The topological polar surface area (TPSA) is 152 Å². The maximum atomic E-state index is 7.88. The fourth-order valence-electron chi connectivity index (χ4n) is 5.06. The normalized spacial score (nSPS) is 13.1. The summed E-state index contributed by atoms with van der Waals surface area (Å²) in [6.45, 7) is 1.95. The Morgan fingerprint density at radius 1 is 0.426 bits per heavy atom. The zero-order valence-electron chi connectivity index (χ0n) is 25.9. The molecule has 4 aromatic rings. The van der Waals surface area contributed by atoms with Crippen LogP contribution in [0, 0.1) is 10.8 Å². The van der Waals surface area contributed by atoms with Gasteiger partial charge in [-0.15, -0.1) is 24.8 Å². The number of benzene rings is 4. The smallest absolute Gasteiger partial charge is 0.0569 e. The first-order valence-electron chi connectivity index (χ1n) is 14.5. The second-order valence-electron chi connectivity index (χ2n) is 10.8. The monoisotopic (exact) mass is 660 g/mol. The number of anilines is 4. The highest BCUT2D eigenvalue weighted by Gasteiger charge is 2.13. The first-order valence-corrected chi connectivity index (χ1v) is 14.5. The van der Waals surface area contributed by atoms with Crippen LogP contribution in [0.5, 0.6) is 0 Å². The molecule has 10 N–H and O–H groups in total. The molecule has 0 radical (unpaired) electrons. The number of allylic oxidation sites excluding steroid dienone is 10. The Bertz CT molecular complexity index is 1810. The molecule has 0 heterocycles. The standard InChI is InChI=1S/C20H19N3.C19H17N3.2ClH/c1-13-12-16(6-11-19(13)23)20(14-2-7-17(21)8-3-14)15-4-9-18(22)10-5-15;20-16-7-1-13(2-8-16)19(14-3-9-17(21)10-4-14)15-5-11-18(22)12-6-15;;/h2-12,23H,21-22H2,1H3;1-12,20H,21-22H2;2*1H. The van der Waals surface area contributed by atoms with Crippen molar-refractivity contribution in [3.05, 3.63) is 179 Å². The van der Waals surface area contributed by atoms with E-state index in [0.29, 0.717) is 11.4 Å². The summed E-state index contributed by atoms with van der Waals surface area (Å²) in [5.41, 5.74) is 36.8. The second-order valence-corrected chi connectivity index (χ2v) is 10.8. The molecule has 0 atom stereocenters. The molecule has 0 aliphatic heterocycles. The van der Waals surface area contributed by atoms with E-state index in [4.69, 9.17) is 33.8 Å². The zero-order valence-corrected chi connectivity index (χ0v) is 27.5. The third kappa shape index (κ3) is 9.01. The second kappa shape index (κ2) is 16.1. The molecular weight excluding hydrogens is 623 g/mol. The molecule has 6 rings (SSSR count). The summed E-state index contributed by atoms with van der Waals surface area (Å²) in [6, 6.07) is 31.3. The van der Waals surface area contributed by atoms with Crippen LogP contribution in [0.15, 0.2) is 156 Å². The van der Waals surface area contributed by atoms with Gasteiger partial charge in [-0.1, -0.05) is 66.8 Å². The molecule has 0 fully saturated rings. The number of rotatable bonds is 4. The SMILES string of the molecule is CC1=CC(=C(c2ccc(N)cc2)c2ccc(N)cc2)C=CC1=N.Cl.Cl.N=C1C=CC(=C(c2ccc(N)cc2)c2ccc(N)cc2)C=C1. The number of hydrogen-bond donors (Lipinski definition) is 6. The van der Waals surface area contributed by atoms with Gasteiger partial charge in [0.25, 0.3) is 0 Å². The molecule has 0 bridgehead atoms. The van der Waals surface area contributed by atoms with E-state index >= 15 is 0 Å². The average Bonchev–Trinajstić information content (AvgIpc) is 3.04. The van der Waals surface area contributed by atoms with Crippen molar-refractivity contribution in [1.29, 1.82) is 10.8 Å². The average molecular weight is 662 g/mol. The lowest BCUT2D eigenvalue weighted by atomic mass is 9.89. The molecule has 0 saturated heterocycles. The molecule has 0 spiro atoms. The van der Waals surface area contributed by atoms with Gasteiger partial charge in [0.1, 0.15) is 0 Å². The Kier molecular flexibility index (Phi) is 12.3. The van der Waals surface area contributed by atoms with Crippen molar-refractivity contribution >= 4 is 70.1 Å². The van der Waals surface area contributed by atoms with Crippen LogP contribution in [0.2, 0.25) is 0 Å². The van der Waals surface area contributed by atoms with Gasteiger partial charge in [0, 0.05) is 22.7 Å². The highest BCUT2D eigenvalue weighted by atomic mass is 35.5. The van der Waals surface area contributed by atoms with Crippen molar-refractivity contribution in [3.8, 4) is 0 Å². The summed E-state index contributed by atoms with van der Waals surface area (Å²) in [4.78, 5) is 0. The van der Waals surface area contributed by atoms with Gasteiger partial charge in [0.2, 0.25) is 0 Å². The van der Waals surface area contributed by atoms with Crippen molar-refractivity contribution in [3.63, 3.8) is 0 Å². The molecule has 0 saturated carbocycles. The van der Waals surface area contributed by atoms with Gasteiger partial charge in [0.05, 0.1) is 11.4 Å². The van der Waals surface area contributed by atoms with Crippen LogP contribution in [0.4, 0.5) is 22.7 Å². The van der Waals surface area contributed by atoms with Gasteiger partial charge < -0.3 is 33.8 Å². The van der Waals surface area contributed by atoms with Crippen molar-refractivity contribution < 1.29 is 0 Å². The highest BCUT2D eigenvalue weighted by Crippen LogP contribution is 2.32. The molecule has 4 aromatic carbocycles. The van der Waals surface area contributed by atoms with E-state index in [9.17, 15) is 0 Å². The molecule has 47 heavy (non-hydrogen) atoms. The van der Waals surface area contributed by atoms with Crippen LogP contribution in [-0.4, -0.2) is 11.4 Å². The zero-order chi connectivity index (χ0) is 31.9. The van der Waals surface area contributed by atoms with Crippen LogP contribution in [-0.2, 0) is 0 Å². The summed E-state index contributed by atoms with van der Waals surface area (Å²) in [6.07, 6.45) is 13.4. The largest absolute Gasteiger partial charge is 0.399 e. The molecule has 8 heteroatoms. The number of nitrogens with two attached hydrogens (primary N) is 4. The summed E-state index contributed by atoms with van der Waals surface area (Å²) >= 11 is 0. The van der Waals surface area contributed by atoms with Crippen LogP contribution >= 0.6 is 24.8 Å². The summed E-state index contributed by atoms with van der Waals surface area (Å²) in [7, 11) is 0. The number of nitrogen functional groups attached to an aromatic ring is 4. The van der Waals surface area contributed by atoms with Crippen LogP contribution in [0.25, 0.3) is 11.1 Å². The first-order chi connectivity index (χ1) is 21.7. The molecule has 6 nitrogen and oxygen atoms in total. The van der Waals surface area contributed by atoms with E-state index in [1.807, 2.05) is 134 Å². The Morgan fingerprint density at radius 2 is 0.723 bits per heavy atom. The molecular formula is C39H38Cl2N6. The minimum Gasteiger partial charge on any atom is -0.399 e. The lowest BCUT2D eigenvalue weighted by Gasteiger charge is -2.16. The predicted molar refractivity (Wildman–Crippen MR) is 207 cm³/mol. The number of hydrogen-bond acceptors (Lipinski definition) is 6. The number of halogens is 2. The molecule has 2 aliphatic rings. The predicted octanol–water partition coefficient (Wildman–Crippen LogP) is 8.83. The van der Waals surface area contributed by atoms with Gasteiger partial charge in [-0.3, -0.25) is 0 Å². The minimum absolute atomic E-state index is 0. The fourth-order valence-corrected chi connectivity index (χ4v) is 5.06. The lowest BCUT2D eigenvalue weighted by molar-refractivity contribution is 1.41. The fraction of sp³-hybridized carbons (Fsp3) is 0.0256. The Morgan fingerprint density at radius 3 is 1.04 bits per heavy atom. The minimum atomic E-state index is 0. The van der Waals surface area contributed by atoms with Crippen molar-refractivity contribution in [2.45, 2.75) is 6.92 Å². The molecule has 0 unspecified atom stereocenters. The summed E-state index contributed by atoms with van der Waals surface area (Å²) in [5.74, 6) is 0. The van der Waals surface area contributed by atoms with Gasteiger partial charge in [-0.2, -0.15) is 0 Å². The summed E-state index contributed by atoms with van der Waals surface area (Å²) < 4.78 is 0. The number of nitrogens with one attached hydrogen (secondary N) is 2. The first kappa shape index (κ1) is 35.9. The van der Waals surface area contributed by atoms with Crippen LogP contribution in [0.3, 0.4) is 0 Å². The molecule has 2 aliphatic carbocycles. The Labute approximate surface area is 288 Å². The Balaban J connectivity index is 0.000000245. The van der Waals surface area contributed by atoms with Gasteiger partial charge >= 0.3 is 0 Å². The van der Waals surface area contributed by atoms with Gasteiger partial charge in [0.15, 0.2) is 0 Å². The lowest BCUT2D eigenvalue weighted by Crippen LogP contribution is -2.01. The van der Waals surface area contributed by atoms with Crippen LogP contribution < -0.4 is 22.9 Å². The highest BCUT2D eigenvalue weighted by molar-refractivity contribution is 6.09. The van der Waals surface area contributed by atoms with Gasteiger partial charge in [-0.25, -0.2) is 0 Å². The van der Waals surface area contributed by atoms with Crippen molar-refractivity contribution in [1.82, 2.24) is 0 Å². The van der Waals surface area contributed by atoms with Gasteiger partial charge in [-0.05, 0) is 130 Å². The van der Waals surface area contributed by atoms with E-state index in [1.54, 1.807) is 12.2 Å². The third-order valence-corrected chi connectivity index (χ3v) is 7.49. The van der Waals surface area contributed by atoms with Crippen molar-refractivity contribution in [2.75, 3.05) is 22.9 Å². The van der Waals surface area contributed by atoms with E-state index < -0.39 is 0 Å². The molecule has 238 valence electrons. The van der Waals surface area contributed by atoms with E-state index in [1.165, 1.54) is 0 Å². The van der Waals surface area contributed by atoms with Crippen molar-refractivity contribution in [2.24, 2.45) is 0 Å². The molecule has 0 aromatic heterocycles. The van der Waals surface area contributed by atoms with E-state index in [0.717, 1.165) is 72.9 Å². The summed E-state index contributed by atoms with van der Waals surface area (Å²) in [5, 5.41) is 15.5. The maximum absolute atomic E-state index is 7.88. The Hall–Kier alpha value is -5.56. The van der Waals surface area contributed by atoms with E-state index in [2.05, 4.69) is 0 Å². The quantitative estimate of drug-likeness (QED) is 0.121. The third-order valence-electron chi connectivity index (χ3n) is 7.49. The van der Waals surface area contributed by atoms with Crippen LogP contribution in [0.1, 0.15) is 29.2 Å². The molecule has 0 amide bonds. The maximum Gasteiger partial charge on any atom is 0.0569 e. The van der Waals surface area contributed by atoms with E-state index in [-0.39, 0.29) is 24.8 Å².